The molecule has 2 N–H and O–H groups in total. The number of para-hydroxylation sites is 1. The van der Waals surface area contributed by atoms with Crippen LogP contribution in [0.15, 0.2) is 61.3 Å². The summed E-state index contributed by atoms with van der Waals surface area (Å²) >= 11 is 0. The molecule has 1 amide bonds. The number of benzene rings is 2. The van der Waals surface area contributed by atoms with Crippen LogP contribution in [-0.4, -0.2) is 30.9 Å². The average molecular weight is 304 g/mol. The molecule has 0 saturated carbocycles. The highest BCUT2D eigenvalue weighted by atomic mass is 16.1. The molecule has 4 rings (SSSR count). The summed E-state index contributed by atoms with van der Waals surface area (Å²) < 4.78 is 1.63. The van der Waals surface area contributed by atoms with Crippen LogP contribution in [0.5, 0.6) is 0 Å². The van der Waals surface area contributed by atoms with Crippen molar-refractivity contribution in [3.05, 3.63) is 66.9 Å². The Morgan fingerprint density at radius 1 is 1.13 bits per heavy atom. The average Bonchev–Trinajstić information content (AvgIpc) is 3.27. The van der Waals surface area contributed by atoms with Gasteiger partial charge in [0, 0.05) is 10.9 Å². The van der Waals surface area contributed by atoms with Gasteiger partial charge in [0.1, 0.15) is 12.7 Å². The standard InChI is InChI=1S/C16H12N6O/c23-16(20-14-3-1-2-12-8-18-21-15(12)14)11-4-6-13(7-5-11)22-10-17-9-19-22/h1-10H,(H,18,21)(H,20,23). The number of anilines is 1. The molecule has 0 aliphatic heterocycles. The first-order valence-electron chi connectivity index (χ1n) is 7.00. The molecule has 0 atom stereocenters. The molecule has 23 heavy (non-hydrogen) atoms. The van der Waals surface area contributed by atoms with Gasteiger partial charge in [0.2, 0.25) is 0 Å². The van der Waals surface area contributed by atoms with Gasteiger partial charge >= 0.3 is 0 Å². The number of aromatic amines is 1. The third-order valence-corrected chi connectivity index (χ3v) is 3.54. The quantitative estimate of drug-likeness (QED) is 0.608. The van der Waals surface area contributed by atoms with Crippen molar-refractivity contribution in [3.8, 4) is 5.69 Å². The van der Waals surface area contributed by atoms with Gasteiger partial charge in [-0.1, -0.05) is 12.1 Å². The zero-order valence-corrected chi connectivity index (χ0v) is 12.0. The zero-order chi connectivity index (χ0) is 15.6. The number of nitrogens with zero attached hydrogens (tertiary/aromatic N) is 4. The van der Waals surface area contributed by atoms with Gasteiger partial charge in [-0.15, -0.1) is 0 Å². The van der Waals surface area contributed by atoms with E-state index in [0.29, 0.717) is 11.3 Å². The lowest BCUT2D eigenvalue weighted by molar-refractivity contribution is 0.102. The molecule has 0 aliphatic rings. The van der Waals surface area contributed by atoms with Crippen molar-refractivity contribution < 1.29 is 4.79 Å². The first-order valence-corrected chi connectivity index (χ1v) is 7.00. The van der Waals surface area contributed by atoms with E-state index in [1.54, 1.807) is 29.3 Å². The molecule has 0 radical (unpaired) electrons. The number of carbonyl (C=O) groups excluding carboxylic acids is 1. The van der Waals surface area contributed by atoms with Gasteiger partial charge < -0.3 is 5.32 Å². The highest BCUT2D eigenvalue weighted by molar-refractivity contribution is 6.08. The normalized spacial score (nSPS) is 10.8. The Morgan fingerprint density at radius 3 is 2.78 bits per heavy atom. The molecule has 7 heteroatoms. The molecule has 0 spiro atoms. The lowest BCUT2D eigenvalue weighted by Crippen LogP contribution is -2.12. The third-order valence-electron chi connectivity index (χ3n) is 3.54. The van der Waals surface area contributed by atoms with E-state index in [1.165, 1.54) is 6.33 Å². The molecule has 2 aromatic heterocycles. The number of nitrogens with one attached hydrogen (secondary N) is 2. The number of hydrogen-bond donors (Lipinski definition) is 2. The van der Waals surface area contributed by atoms with Crippen molar-refractivity contribution in [1.82, 2.24) is 25.0 Å². The van der Waals surface area contributed by atoms with Crippen molar-refractivity contribution in [2.45, 2.75) is 0 Å². The number of amides is 1. The van der Waals surface area contributed by atoms with Gasteiger partial charge in [0.15, 0.2) is 0 Å². The summed E-state index contributed by atoms with van der Waals surface area (Å²) in [7, 11) is 0. The first-order chi connectivity index (χ1) is 11.3. The van der Waals surface area contributed by atoms with Crippen LogP contribution in [-0.2, 0) is 0 Å². The molecule has 112 valence electrons. The third kappa shape index (κ3) is 2.44. The summed E-state index contributed by atoms with van der Waals surface area (Å²) in [5.74, 6) is -0.183. The molecular formula is C16H12N6O. The number of fused-ring (bicyclic) bond motifs is 1. The SMILES string of the molecule is O=C(Nc1cccc2cn[nH]c12)c1ccc(-n2cncn2)cc1. The van der Waals surface area contributed by atoms with Crippen LogP contribution < -0.4 is 5.32 Å². The Labute approximate surface area is 131 Å². The summed E-state index contributed by atoms with van der Waals surface area (Å²) in [5.41, 5.74) is 2.91. The number of carbonyl (C=O) groups is 1. The van der Waals surface area contributed by atoms with Crippen LogP contribution in [0.4, 0.5) is 5.69 Å². The van der Waals surface area contributed by atoms with Crippen LogP contribution >= 0.6 is 0 Å². The minimum absolute atomic E-state index is 0.183. The molecule has 7 nitrogen and oxygen atoms in total. The Morgan fingerprint density at radius 2 is 2.00 bits per heavy atom. The number of aromatic nitrogens is 5. The maximum atomic E-state index is 12.4. The van der Waals surface area contributed by atoms with E-state index in [0.717, 1.165) is 16.6 Å². The fourth-order valence-electron chi connectivity index (χ4n) is 2.37. The lowest BCUT2D eigenvalue weighted by atomic mass is 10.1. The molecular weight excluding hydrogens is 292 g/mol. The first kappa shape index (κ1) is 13.2. The highest BCUT2D eigenvalue weighted by Gasteiger charge is 2.09. The Balaban J connectivity index is 1.58. The molecule has 2 heterocycles. The monoisotopic (exact) mass is 304 g/mol. The molecule has 0 saturated heterocycles. The van der Waals surface area contributed by atoms with Crippen molar-refractivity contribution >= 4 is 22.5 Å². The summed E-state index contributed by atoms with van der Waals surface area (Å²) in [4.78, 5) is 16.3. The fraction of sp³-hybridized carbons (Fsp3) is 0. The molecule has 0 unspecified atom stereocenters. The van der Waals surface area contributed by atoms with Gasteiger partial charge in [-0.3, -0.25) is 9.89 Å². The van der Waals surface area contributed by atoms with E-state index >= 15 is 0 Å². The Bertz CT molecular complexity index is 956. The predicted molar refractivity (Wildman–Crippen MR) is 85.4 cm³/mol. The second kappa shape index (κ2) is 5.38. The summed E-state index contributed by atoms with van der Waals surface area (Å²) in [5, 5.41) is 14.8. The van der Waals surface area contributed by atoms with Gasteiger partial charge in [-0.25, -0.2) is 9.67 Å². The summed E-state index contributed by atoms with van der Waals surface area (Å²) in [6.07, 6.45) is 4.79. The van der Waals surface area contributed by atoms with Crippen LogP contribution in [0.25, 0.3) is 16.6 Å². The zero-order valence-electron chi connectivity index (χ0n) is 12.0. The van der Waals surface area contributed by atoms with E-state index in [2.05, 4.69) is 25.6 Å². The van der Waals surface area contributed by atoms with Crippen molar-refractivity contribution in [3.63, 3.8) is 0 Å². The summed E-state index contributed by atoms with van der Waals surface area (Å²) in [6.45, 7) is 0. The number of hydrogen-bond acceptors (Lipinski definition) is 4. The van der Waals surface area contributed by atoms with Crippen LogP contribution in [0.3, 0.4) is 0 Å². The molecule has 0 aliphatic carbocycles. The summed E-state index contributed by atoms with van der Waals surface area (Å²) in [6, 6.07) is 12.8. The number of rotatable bonds is 3. The molecule has 4 aromatic rings. The van der Waals surface area contributed by atoms with Gasteiger partial charge in [-0.05, 0) is 30.3 Å². The van der Waals surface area contributed by atoms with Gasteiger partial charge in [0.05, 0.1) is 23.1 Å². The van der Waals surface area contributed by atoms with Gasteiger partial charge in [0.25, 0.3) is 5.91 Å². The fourth-order valence-corrected chi connectivity index (χ4v) is 2.37. The van der Waals surface area contributed by atoms with Crippen LogP contribution in [0, 0.1) is 0 Å². The molecule has 0 bridgehead atoms. The minimum Gasteiger partial charge on any atom is -0.320 e. The van der Waals surface area contributed by atoms with E-state index in [9.17, 15) is 4.79 Å². The lowest BCUT2D eigenvalue weighted by Gasteiger charge is -2.07. The van der Waals surface area contributed by atoms with E-state index in [1.807, 2.05) is 30.3 Å². The predicted octanol–water partition coefficient (Wildman–Crippen LogP) is 2.40. The van der Waals surface area contributed by atoms with Gasteiger partial charge in [-0.2, -0.15) is 10.2 Å². The van der Waals surface area contributed by atoms with Crippen molar-refractivity contribution in [2.75, 3.05) is 5.32 Å². The van der Waals surface area contributed by atoms with Crippen LogP contribution in [0.2, 0.25) is 0 Å². The second-order valence-corrected chi connectivity index (χ2v) is 4.98. The Hall–Kier alpha value is -3.48. The second-order valence-electron chi connectivity index (χ2n) is 4.98. The van der Waals surface area contributed by atoms with Crippen molar-refractivity contribution in [2.24, 2.45) is 0 Å². The smallest absolute Gasteiger partial charge is 0.255 e. The Kier molecular flexibility index (Phi) is 3.09. The molecule has 0 fully saturated rings. The highest BCUT2D eigenvalue weighted by Crippen LogP contribution is 2.21. The largest absolute Gasteiger partial charge is 0.320 e. The maximum absolute atomic E-state index is 12.4. The van der Waals surface area contributed by atoms with E-state index < -0.39 is 0 Å². The number of H-pyrrole nitrogens is 1. The minimum atomic E-state index is -0.183. The topological polar surface area (TPSA) is 88.5 Å². The maximum Gasteiger partial charge on any atom is 0.255 e. The molecule has 2 aromatic carbocycles. The van der Waals surface area contributed by atoms with Crippen molar-refractivity contribution in [1.29, 1.82) is 0 Å². The van der Waals surface area contributed by atoms with Crippen LogP contribution in [0.1, 0.15) is 10.4 Å². The van der Waals surface area contributed by atoms with E-state index in [-0.39, 0.29) is 5.91 Å². The van der Waals surface area contributed by atoms with E-state index in [4.69, 9.17) is 0 Å².